The van der Waals surface area contributed by atoms with Crippen molar-refractivity contribution in [2.45, 2.75) is 20.3 Å². The van der Waals surface area contributed by atoms with Crippen molar-refractivity contribution in [2.75, 3.05) is 7.05 Å². The van der Waals surface area contributed by atoms with E-state index in [0.717, 1.165) is 11.4 Å². The van der Waals surface area contributed by atoms with E-state index in [2.05, 4.69) is 24.8 Å². The molecule has 0 N–H and O–H groups in total. The summed E-state index contributed by atoms with van der Waals surface area (Å²) in [4.78, 5) is 3.16. The predicted octanol–water partition coefficient (Wildman–Crippen LogP) is 2.19. The van der Waals surface area contributed by atoms with Crippen LogP contribution in [-0.4, -0.2) is 16.9 Å². The summed E-state index contributed by atoms with van der Waals surface area (Å²) in [7, 11) is 2.04. The van der Waals surface area contributed by atoms with E-state index in [9.17, 15) is 0 Å². The summed E-state index contributed by atoms with van der Waals surface area (Å²) in [6.45, 7) is 4.38. The molecule has 0 saturated carbocycles. The normalized spacial score (nSPS) is 18.6. The molecular formula is C8H13NS. The fraction of sp³-hybridized carbons (Fsp3) is 0.625. The molecule has 0 bridgehead atoms. The van der Waals surface area contributed by atoms with E-state index in [4.69, 9.17) is 12.2 Å². The minimum absolute atomic E-state index is 0.602. The zero-order valence-electron chi connectivity index (χ0n) is 6.72. The van der Waals surface area contributed by atoms with E-state index in [0.29, 0.717) is 5.92 Å². The maximum atomic E-state index is 5.11. The Morgan fingerprint density at radius 1 is 1.60 bits per heavy atom. The average Bonchev–Trinajstić information content (AvgIpc) is 2.14. The molecule has 0 amide bonds. The predicted molar refractivity (Wildman–Crippen MR) is 47.9 cm³/mol. The van der Waals surface area contributed by atoms with Crippen LogP contribution in [0.2, 0.25) is 0 Å². The van der Waals surface area contributed by atoms with Gasteiger partial charge in [-0.15, -0.1) is 0 Å². The molecule has 1 rings (SSSR count). The zero-order valence-corrected chi connectivity index (χ0v) is 7.53. The van der Waals surface area contributed by atoms with Crippen LogP contribution in [-0.2, 0) is 0 Å². The van der Waals surface area contributed by atoms with Gasteiger partial charge in [-0.25, -0.2) is 0 Å². The van der Waals surface area contributed by atoms with Crippen LogP contribution >= 0.6 is 12.2 Å². The highest BCUT2D eigenvalue weighted by molar-refractivity contribution is 7.80. The van der Waals surface area contributed by atoms with Crippen LogP contribution in [0.25, 0.3) is 0 Å². The summed E-state index contributed by atoms with van der Waals surface area (Å²) in [5.41, 5.74) is 1.37. The van der Waals surface area contributed by atoms with Crippen molar-refractivity contribution in [3.63, 3.8) is 0 Å². The Kier molecular flexibility index (Phi) is 2.09. The Morgan fingerprint density at radius 3 is 2.40 bits per heavy atom. The molecule has 0 radical (unpaired) electrons. The lowest BCUT2D eigenvalue weighted by atomic mass is 10.1. The Hall–Kier alpha value is -0.370. The van der Waals surface area contributed by atoms with Crippen molar-refractivity contribution in [1.82, 2.24) is 4.90 Å². The van der Waals surface area contributed by atoms with Gasteiger partial charge in [0.2, 0.25) is 0 Å². The number of nitrogens with zero attached hydrogens (tertiary/aromatic N) is 1. The molecule has 10 heavy (non-hydrogen) atoms. The molecule has 0 aromatic heterocycles. The molecule has 0 unspecified atom stereocenters. The molecule has 0 spiro atoms. The van der Waals surface area contributed by atoms with Crippen molar-refractivity contribution in [1.29, 1.82) is 0 Å². The Labute approximate surface area is 67.7 Å². The van der Waals surface area contributed by atoms with Crippen LogP contribution in [0.5, 0.6) is 0 Å². The third-order valence-corrected chi connectivity index (χ3v) is 2.28. The average molecular weight is 155 g/mol. The summed E-state index contributed by atoms with van der Waals surface area (Å²) in [5.74, 6) is 0.602. The second-order valence-corrected chi connectivity index (χ2v) is 3.41. The van der Waals surface area contributed by atoms with Gasteiger partial charge in [0.15, 0.2) is 0 Å². The van der Waals surface area contributed by atoms with E-state index >= 15 is 0 Å². The van der Waals surface area contributed by atoms with Crippen molar-refractivity contribution in [3.8, 4) is 0 Å². The first-order valence-electron chi connectivity index (χ1n) is 3.59. The molecule has 2 heteroatoms. The van der Waals surface area contributed by atoms with Crippen LogP contribution in [0.4, 0.5) is 0 Å². The van der Waals surface area contributed by atoms with Crippen molar-refractivity contribution in [2.24, 2.45) is 5.92 Å². The first-order valence-corrected chi connectivity index (χ1v) is 4.00. The second kappa shape index (κ2) is 2.70. The fourth-order valence-electron chi connectivity index (χ4n) is 1.23. The van der Waals surface area contributed by atoms with Gasteiger partial charge >= 0.3 is 0 Å². The van der Waals surface area contributed by atoms with Crippen molar-refractivity contribution < 1.29 is 0 Å². The molecule has 0 aromatic rings. The highest BCUT2D eigenvalue weighted by Gasteiger charge is 2.17. The standard InChI is InChI=1S/C8H13NS/c1-6(2)7-4-5-8(10)9(7)3/h4,6H,5H2,1-3H3. The first kappa shape index (κ1) is 7.73. The van der Waals surface area contributed by atoms with Gasteiger partial charge in [0, 0.05) is 19.2 Å². The first-order chi connectivity index (χ1) is 4.63. The van der Waals surface area contributed by atoms with Gasteiger partial charge in [0.25, 0.3) is 0 Å². The van der Waals surface area contributed by atoms with Crippen molar-refractivity contribution >= 4 is 17.2 Å². The smallest absolute Gasteiger partial charge is 0.0857 e. The van der Waals surface area contributed by atoms with Gasteiger partial charge in [-0.2, -0.15) is 0 Å². The van der Waals surface area contributed by atoms with Crippen LogP contribution in [0.1, 0.15) is 20.3 Å². The van der Waals surface area contributed by atoms with Gasteiger partial charge < -0.3 is 4.90 Å². The lowest BCUT2D eigenvalue weighted by Gasteiger charge is -2.18. The minimum atomic E-state index is 0.602. The van der Waals surface area contributed by atoms with Gasteiger partial charge in [0.05, 0.1) is 4.99 Å². The van der Waals surface area contributed by atoms with E-state index < -0.39 is 0 Å². The molecule has 0 aliphatic carbocycles. The zero-order chi connectivity index (χ0) is 7.72. The van der Waals surface area contributed by atoms with Crippen LogP contribution in [0, 0.1) is 5.92 Å². The molecule has 0 fully saturated rings. The maximum absolute atomic E-state index is 5.11. The molecule has 0 atom stereocenters. The molecular weight excluding hydrogens is 142 g/mol. The topological polar surface area (TPSA) is 3.24 Å². The summed E-state index contributed by atoms with van der Waals surface area (Å²) >= 11 is 5.11. The summed E-state index contributed by atoms with van der Waals surface area (Å²) in [6, 6.07) is 0. The molecule has 56 valence electrons. The Morgan fingerprint density at radius 2 is 2.20 bits per heavy atom. The van der Waals surface area contributed by atoms with Crippen LogP contribution in [0.3, 0.4) is 0 Å². The Bertz CT molecular complexity index is 182. The number of hydrogen-bond acceptors (Lipinski definition) is 1. The van der Waals surface area contributed by atoms with Crippen LogP contribution in [0.15, 0.2) is 11.8 Å². The van der Waals surface area contributed by atoms with E-state index in [1.807, 2.05) is 7.05 Å². The monoisotopic (exact) mass is 155 g/mol. The second-order valence-electron chi connectivity index (χ2n) is 2.94. The lowest BCUT2D eigenvalue weighted by Crippen LogP contribution is -2.20. The van der Waals surface area contributed by atoms with E-state index in [-0.39, 0.29) is 0 Å². The van der Waals surface area contributed by atoms with Gasteiger partial charge in [-0.1, -0.05) is 32.1 Å². The van der Waals surface area contributed by atoms with Crippen molar-refractivity contribution in [3.05, 3.63) is 11.8 Å². The Balaban J connectivity index is 2.72. The largest absolute Gasteiger partial charge is 0.343 e. The van der Waals surface area contributed by atoms with Gasteiger partial charge in [0.1, 0.15) is 0 Å². The highest BCUT2D eigenvalue weighted by atomic mass is 32.1. The summed E-state index contributed by atoms with van der Waals surface area (Å²) < 4.78 is 0. The summed E-state index contributed by atoms with van der Waals surface area (Å²) in [6.07, 6.45) is 3.17. The minimum Gasteiger partial charge on any atom is -0.343 e. The molecule has 1 aliphatic heterocycles. The molecule has 0 saturated heterocycles. The maximum Gasteiger partial charge on any atom is 0.0857 e. The quantitative estimate of drug-likeness (QED) is 0.534. The highest BCUT2D eigenvalue weighted by Crippen LogP contribution is 2.21. The summed E-state index contributed by atoms with van der Waals surface area (Å²) in [5, 5.41) is 0. The number of allylic oxidation sites excluding steroid dienone is 1. The third kappa shape index (κ3) is 1.21. The molecule has 1 heterocycles. The van der Waals surface area contributed by atoms with E-state index in [1.165, 1.54) is 5.70 Å². The SMILES string of the molecule is CC(C)C1=CCC(=S)N1C. The molecule has 0 aromatic carbocycles. The fourth-order valence-corrected chi connectivity index (χ4v) is 1.42. The van der Waals surface area contributed by atoms with Crippen LogP contribution < -0.4 is 0 Å². The molecule has 1 nitrogen and oxygen atoms in total. The number of rotatable bonds is 1. The van der Waals surface area contributed by atoms with Gasteiger partial charge in [-0.05, 0) is 5.92 Å². The van der Waals surface area contributed by atoms with Gasteiger partial charge in [-0.3, -0.25) is 0 Å². The molecule has 1 aliphatic rings. The number of thiocarbonyl (C=S) groups is 1. The van der Waals surface area contributed by atoms with E-state index in [1.54, 1.807) is 0 Å². The third-order valence-electron chi connectivity index (χ3n) is 1.84. The lowest BCUT2D eigenvalue weighted by molar-refractivity contribution is 0.546. The number of hydrogen-bond donors (Lipinski definition) is 0.